The third-order valence-corrected chi connectivity index (χ3v) is 4.76. The molecule has 0 aromatic heterocycles. The van der Waals surface area contributed by atoms with Crippen LogP contribution in [0.5, 0.6) is 0 Å². The summed E-state index contributed by atoms with van der Waals surface area (Å²) in [4.78, 5) is 19.7. The van der Waals surface area contributed by atoms with Crippen molar-refractivity contribution in [2.75, 3.05) is 50.0 Å². The van der Waals surface area contributed by atoms with E-state index in [0.717, 1.165) is 24.3 Å². The molecule has 0 spiro atoms. The van der Waals surface area contributed by atoms with Gasteiger partial charge in [0.15, 0.2) is 23.4 Å². The second-order valence-electron chi connectivity index (χ2n) is 6.74. The lowest BCUT2D eigenvalue weighted by Crippen LogP contribution is -2.53. The second-order valence-corrected chi connectivity index (χ2v) is 6.74. The Morgan fingerprint density at radius 2 is 1.62 bits per heavy atom. The zero-order valence-electron chi connectivity index (χ0n) is 17.0. The molecule has 174 valence electrons. The first-order chi connectivity index (χ1) is 14.8. The third kappa shape index (κ3) is 5.99. The number of nitrogens with zero attached hydrogens (tertiary/aromatic N) is 3. The molecule has 1 aliphatic heterocycles. The predicted octanol–water partition coefficient (Wildman–Crippen LogP) is 3.34. The zero-order chi connectivity index (χ0) is 22.5. The standard InChI is InChI=1S/C20H20F5N5O.HI/c1-26-20(27-11-17(31)28-15-5-4-14(23)18(24)19(15)25)30-8-6-29(7-9-30)16-10-12(21)2-3-13(16)22;/h2-5,10H,6-9,11H2,1H3,(H,26,27)(H,28,31);1H. The average Bonchev–Trinajstić information content (AvgIpc) is 2.77. The predicted molar refractivity (Wildman–Crippen MR) is 122 cm³/mol. The Morgan fingerprint density at radius 1 is 0.969 bits per heavy atom. The van der Waals surface area contributed by atoms with Crippen LogP contribution in [0.2, 0.25) is 0 Å². The minimum absolute atomic E-state index is 0. The number of carbonyl (C=O) groups is 1. The van der Waals surface area contributed by atoms with Crippen molar-refractivity contribution in [3.8, 4) is 0 Å². The SMILES string of the molecule is CN=C(NCC(=O)Nc1ccc(F)c(F)c1F)N1CCN(c2cc(F)ccc2F)CC1.I. The lowest BCUT2D eigenvalue weighted by molar-refractivity contribution is -0.115. The molecule has 0 bridgehead atoms. The van der Waals surface area contributed by atoms with E-state index in [1.165, 1.54) is 7.05 Å². The van der Waals surface area contributed by atoms with Gasteiger partial charge in [-0.25, -0.2) is 22.0 Å². The highest BCUT2D eigenvalue weighted by Crippen LogP contribution is 2.22. The number of anilines is 2. The van der Waals surface area contributed by atoms with Gasteiger partial charge in [0.25, 0.3) is 0 Å². The minimum Gasteiger partial charge on any atom is -0.366 e. The van der Waals surface area contributed by atoms with Gasteiger partial charge < -0.3 is 20.4 Å². The topological polar surface area (TPSA) is 60.0 Å². The lowest BCUT2D eigenvalue weighted by Gasteiger charge is -2.37. The fourth-order valence-electron chi connectivity index (χ4n) is 3.20. The first kappa shape index (κ1) is 25.6. The Kier molecular flexibility index (Phi) is 9.04. The van der Waals surface area contributed by atoms with E-state index in [-0.39, 0.29) is 36.2 Å². The molecule has 0 radical (unpaired) electrons. The highest BCUT2D eigenvalue weighted by atomic mass is 127. The molecular formula is C20H21F5IN5O. The zero-order valence-corrected chi connectivity index (χ0v) is 19.3. The van der Waals surface area contributed by atoms with Gasteiger partial charge in [0.1, 0.15) is 11.6 Å². The fourth-order valence-corrected chi connectivity index (χ4v) is 3.20. The van der Waals surface area contributed by atoms with Crippen molar-refractivity contribution in [3.05, 3.63) is 59.4 Å². The molecule has 0 unspecified atom stereocenters. The number of rotatable bonds is 4. The smallest absolute Gasteiger partial charge is 0.243 e. The maximum absolute atomic E-state index is 14.0. The van der Waals surface area contributed by atoms with Crippen molar-refractivity contribution >= 4 is 47.2 Å². The van der Waals surface area contributed by atoms with Crippen molar-refractivity contribution in [1.29, 1.82) is 0 Å². The van der Waals surface area contributed by atoms with Gasteiger partial charge >= 0.3 is 0 Å². The number of nitrogens with one attached hydrogen (secondary N) is 2. The van der Waals surface area contributed by atoms with Gasteiger partial charge in [-0.1, -0.05) is 0 Å². The first-order valence-electron chi connectivity index (χ1n) is 9.39. The Hall–Kier alpha value is -2.64. The summed E-state index contributed by atoms with van der Waals surface area (Å²) in [6, 6.07) is 4.90. The summed E-state index contributed by atoms with van der Waals surface area (Å²) < 4.78 is 67.3. The second kappa shape index (κ2) is 11.3. The number of benzene rings is 2. The highest BCUT2D eigenvalue weighted by molar-refractivity contribution is 14.0. The van der Waals surface area contributed by atoms with Crippen molar-refractivity contribution < 1.29 is 26.7 Å². The van der Waals surface area contributed by atoms with E-state index in [1.54, 1.807) is 4.90 Å². The van der Waals surface area contributed by atoms with E-state index in [2.05, 4.69) is 15.6 Å². The number of hydrogen-bond acceptors (Lipinski definition) is 3. The van der Waals surface area contributed by atoms with Gasteiger partial charge in [0.2, 0.25) is 5.91 Å². The van der Waals surface area contributed by atoms with Crippen molar-refractivity contribution in [2.24, 2.45) is 4.99 Å². The molecule has 1 aliphatic rings. The van der Waals surface area contributed by atoms with Crippen LogP contribution in [-0.2, 0) is 4.79 Å². The molecule has 0 saturated carbocycles. The number of hydrogen-bond donors (Lipinski definition) is 2. The van der Waals surface area contributed by atoms with Crippen LogP contribution in [0.1, 0.15) is 0 Å². The van der Waals surface area contributed by atoms with E-state index in [9.17, 15) is 26.7 Å². The van der Waals surface area contributed by atoms with Crippen molar-refractivity contribution in [1.82, 2.24) is 10.2 Å². The molecule has 0 atom stereocenters. The summed E-state index contributed by atoms with van der Waals surface area (Å²) >= 11 is 0. The number of carbonyl (C=O) groups excluding carboxylic acids is 1. The number of amides is 1. The van der Waals surface area contributed by atoms with E-state index in [4.69, 9.17) is 0 Å². The summed E-state index contributed by atoms with van der Waals surface area (Å²) in [5.41, 5.74) is -0.304. The van der Waals surface area contributed by atoms with Crippen LogP contribution in [0.15, 0.2) is 35.3 Å². The maximum Gasteiger partial charge on any atom is 0.243 e. The quantitative estimate of drug-likeness (QED) is 0.195. The molecule has 0 aliphatic carbocycles. The minimum atomic E-state index is -1.67. The molecule has 2 aromatic carbocycles. The molecular weight excluding hydrogens is 548 g/mol. The summed E-state index contributed by atoms with van der Waals surface area (Å²) in [6.07, 6.45) is 0. The molecule has 6 nitrogen and oxygen atoms in total. The monoisotopic (exact) mass is 569 g/mol. The molecule has 2 N–H and O–H groups in total. The van der Waals surface area contributed by atoms with Crippen LogP contribution in [0.3, 0.4) is 0 Å². The Balaban J connectivity index is 0.00000363. The van der Waals surface area contributed by atoms with Gasteiger partial charge in [-0.15, -0.1) is 24.0 Å². The van der Waals surface area contributed by atoms with E-state index < -0.39 is 40.7 Å². The molecule has 12 heteroatoms. The third-order valence-electron chi connectivity index (χ3n) is 4.76. The van der Waals surface area contributed by atoms with Gasteiger partial charge in [0.05, 0.1) is 17.9 Å². The van der Waals surface area contributed by atoms with Gasteiger partial charge in [-0.3, -0.25) is 9.79 Å². The molecule has 1 fully saturated rings. The summed E-state index contributed by atoms with van der Waals surface area (Å²) in [5.74, 6) is -5.87. The van der Waals surface area contributed by atoms with E-state index >= 15 is 0 Å². The van der Waals surface area contributed by atoms with E-state index in [1.807, 2.05) is 4.90 Å². The van der Waals surface area contributed by atoms with Crippen LogP contribution in [0, 0.1) is 29.1 Å². The summed E-state index contributed by atoms with van der Waals surface area (Å²) in [7, 11) is 1.51. The molecule has 1 heterocycles. The van der Waals surface area contributed by atoms with Crippen LogP contribution in [-0.4, -0.2) is 56.5 Å². The summed E-state index contributed by atoms with van der Waals surface area (Å²) in [5, 5.41) is 4.96. The Bertz CT molecular complexity index is 999. The Morgan fingerprint density at radius 3 is 2.28 bits per heavy atom. The number of piperazine rings is 1. The van der Waals surface area contributed by atoms with Crippen LogP contribution in [0.25, 0.3) is 0 Å². The maximum atomic E-state index is 14.0. The van der Waals surface area contributed by atoms with Crippen LogP contribution >= 0.6 is 24.0 Å². The van der Waals surface area contributed by atoms with Gasteiger partial charge in [-0.05, 0) is 24.3 Å². The lowest BCUT2D eigenvalue weighted by atomic mass is 10.2. The largest absolute Gasteiger partial charge is 0.366 e. The molecule has 2 aromatic rings. The average molecular weight is 569 g/mol. The highest BCUT2D eigenvalue weighted by Gasteiger charge is 2.22. The number of aliphatic imine (C=N–C) groups is 1. The van der Waals surface area contributed by atoms with Gasteiger partial charge in [0, 0.05) is 39.3 Å². The molecule has 32 heavy (non-hydrogen) atoms. The Labute approximate surface area is 198 Å². The molecule has 1 saturated heterocycles. The van der Waals surface area contributed by atoms with Crippen molar-refractivity contribution in [2.45, 2.75) is 0 Å². The fraction of sp³-hybridized carbons (Fsp3) is 0.300. The van der Waals surface area contributed by atoms with Crippen LogP contribution < -0.4 is 15.5 Å². The van der Waals surface area contributed by atoms with E-state index in [0.29, 0.717) is 38.2 Å². The molecule has 3 rings (SSSR count). The number of halogens is 6. The summed E-state index contributed by atoms with van der Waals surface area (Å²) in [6.45, 7) is 1.34. The number of guanidine groups is 1. The normalized spacial score (nSPS) is 14.1. The van der Waals surface area contributed by atoms with Crippen LogP contribution in [0.4, 0.5) is 33.3 Å². The molecule has 1 amide bonds. The van der Waals surface area contributed by atoms with Crippen molar-refractivity contribution in [3.63, 3.8) is 0 Å². The first-order valence-corrected chi connectivity index (χ1v) is 9.39. The van der Waals surface area contributed by atoms with Gasteiger partial charge in [-0.2, -0.15) is 0 Å².